The summed E-state index contributed by atoms with van der Waals surface area (Å²) in [6.07, 6.45) is 0. The van der Waals surface area contributed by atoms with Crippen LogP contribution in [-0.2, 0) is 11.3 Å². The summed E-state index contributed by atoms with van der Waals surface area (Å²) in [5.41, 5.74) is 5.31. The van der Waals surface area contributed by atoms with E-state index in [1.807, 2.05) is 56.5 Å². The first-order valence-electron chi connectivity index (χ1n) is 10.1. The van der Waals surface area contributed by atoms with Gasteiger partial charge >= 0.3 is 0 Å². The first-order chi connectivity index (χ1) is 15.4. The molecule has 0 aliphatic rings. The molecular weight excluding hydrogens is 462 g/mol. The summed E-state index contributed by atoms with van der Waals surface area (Å²) < 4.78 is 2.25. The number of nitrogens with one attached hydrogen (secondary N) is 1. The Bertz CT molecular complexity index is 1360. The highest BCUT2D eigenvalue weighted by Gasteiger charge is 2.17. The number of amides is 1. The highest BCUT2D eigenvalue weighted by molar-refractivity contribution is 7.99. The van der Waals surface area contributed by atoms with Gasteiger partial charge in [0.15, 0.2) is 5.16 Å². The zero-order valence-electron chi connectivity index (χ0n) is 17.9. The van der Waals surface area contributed by atoms with Gasteiger partial charge in [-0.1, -0.05) is 59.3 Å². The van der Waals surface area contributed by atoms with Crippen LogP contribution in [0.25, 0.3) is 21.3 Å². The zero-order chi connectivity index (χ0) is 22.8. The summed E-state index contributed by atoms with van der Waals surface area (Å²) in [5, 5.41) is 5.83. The van der Waals surface area contributed by atoms with Crippen LogP contribution < -0.4 is 10.9 Å². The number of nitrogens with zero attached hydrogens (tertiary/aromatic N) is 2. The number of hydrogen-bond donors (Lipinski definition) is 1. The van der Waals surface area contributed by atoms with Crippen LogP contribution in [0.4, 0.5) is 5.69 Å². The second-order valence-corrected chi connectivity index (χ2v) is 9.69. The Labute approximate surface area is 199 Å². The first-order valence-corrected chi connectivity index (χ1v) is 12.4. The maximum atomic E-state index is 13.1. The Morgan fingerprint density at radius 3 is 2.56 bits per heavy atom. The minimum Gasteiger partial charge on any atom is -0.324 e. The molecule has 1 amide bonds. The van der Waals surface area contributed by atoms with E-state index in [1.54, 1.807) is 16.7 Å². The molecule has 2 heterocycles. The van der Waals surface area contributed by atoms with Gasteiger partial charge in [-0.15, -0.1) is 11.3 Å². The number of carbonyl (C=O) groups is 1. The minimum atomic E-state index is -0.207. The van der Waals surface area contributed by atoms with E-state index in [2.05, 4.69) is 5.32 Å². The average molecular weight is 484 g/mol. The molecule has 0 atom stereocenters. The fourth-order valence-corrected chi connectivity index (χ4v) is 5.44. The number of aromatic nitrogens is 2. The molecule has 0 fully saturated rings. The Hall–Kier alpha value is -2.61. The van der Waals surface area contributed by atoms with Gasteiger partial charge in [-0.2, -0.15) is 0 Å². The fraction of sp³-hybridized carbons (Fsp3) is 0.208. The third kappa shape index (κ3) is 4.60. The molecule has 0 spiro atoms. The number of anilines is 1. The zero-order valence-corrected chi connectivity index (χ0v) is 20.3. The normalized spacial score (nSPS) is 11.1. The molecule has 4 rings (SSSR count). The molecule has 0 saturated heterocycles. The molecule has 0 bridgehead atoms. The van der Waals surface area contributed by atoms with Gasteiger partial charge < -0.3 is 5.32 Å². The average Bonchev–Trinajstić information content (AvgIpc) is 3.19. The lowest BCUT2D eigenvalue weighted by atomic mass is 10.1. The van der Waals surface area contributed by atoms with Gasteiger partial charge in [-0.25, -0.2) is 4.98 Å². The SMILES string of the molecule is CCn1c(SCC(=O)Nc2ccc(C)cc2Cl)nc2c(-c3ccc(C)cc3)csc2c1=O. The van der Waals surface area contributed by atoms with E-state index in [4.69, 9.17) is 16.6 Å². The molecule has 5 nitrogen and oxygen atoms in total. The number of thiophene rings is 1. The summed E-state index contributed by atoms with van der Waals surface area (Å²) in [4.78, 5) is 30.4. The van der Waals surface area contributed by atoms with E-state index in [1.165, 1.54) is 28.7 Å². The number of benzene rings is 2. The van der Waals surface area contributed by atoms with Crippen molar-refractivity contribution in [3.8, 4) is 11.1 Å². The molecule has 32 heavy (non-hydrogen) atoms. The van der Waals surface area contributed by atoms with Gasteiger partial charge in [0.25, 0.3) is 5.56 Å². The molecule has 0 aliphatic carbocycles. The molecule has 0 unspecified atom stereocenters. The van der Waals surface area contributed by atoms with Crippen molar-refractivity contribution in [3.05, 3.63) is 74.3 Å². The number of aryl methyl sites for hydroxylation is 2. The van der Waals surface area contributed by atoms with Crippen molar-refractivity contribution < 1.29 is 4.79 Å². The lowest BCUT2D eigenvalue weighted by molar-refractivity contribution is -0.113. The first kappa shape index (κ1) is 22.6. The Morgan fingerprint density at radius 2 is 1.88 bits per heavy atom. The highest BCUT2D eigenvalue weighted by atomic mass is 35.5. The molecule has 2 aromatic heterocycles. The molecular formula is C24H22ClN3O2S2. The van der Waals surface area contributed by atoms with Crippen LogP contribution in [0.3, 0.4) is 0 Å². The van der Waals surface area contributed by atoms with Gasteiger partial charge in [0.05, 0.1) is 22.0 Å². The third-order valence-corrected chi connectivity index (χ3v) is 7.30. The number of halogens is 1. The third-order valence-electron chi connectivity index (χ3n) is 5.05. The fourth-order valence-electron chi connectivity index (χ4n) is 3.34. The summed E-state index contributed by atoms with van der Waals surface area (Å²) in [6, 6.07) is 13.6. The minimum absolute atomic E-state index is 0.0784. The maximum Gasteiger partial charge on any atom is 0.272 e. The molecule has 0 saturated carbocycles. The van der Waals surface area contributed by atoms with Crippen molar-refractivity contribution in [2.45, 2.75) is 32.5 Å². The smallest absolute Gasteiger partial charge is 0.272 e. The lowest BCUT2D eigenvalue weighted by Gasteiger charge is -2.11. The highest BCUT2D eigenvalue weighted by Crippen LogP contribution is 2.32. The summed E-state index contributed by atoms with van der Waals surface area (Å²) in [7, 11) is 0. The Kier molecular flexibility index (Phi) is 6.69. The number of carbonyl (C=O) groups excluding carboxylic acids is 1. The largest absolute Gasteiger partial charge is 0.324 e. The van der Waals surface area contributed by atoms with Crippen LogP contribution in [0.5, 0.6) is 0 Å². The molecule has 4 aromatic rings. The monoisotopic (exact) mass is 483 g/mol. The van der Waals surface area contributed by atoms with Gasteiger partial charge in [-0.3, -0.25) is 14.2 Å². The van der Waals surface area contributed by atoms with Gasteiger partial charge in [0.1, 0.15) is 4.70 Å². The van der Waals surface area contributed by atoms with E-state index in [0.717, 1.165) is 16.7 Å². The summed E-state index contributed by atoms with van der Waals surface area (Å²) in [5.74, 6) is -0.0894. The van der Waals surface area contributed by atoms with Gasteiger partial charge in [0.2, 0.25) is 5.91 Å². The second kappa shape index (κ2) is 9.48. The predicted octanol–water partition coefficient (Wildman–Crippen LogP) is 6.15. The quantitative estimate of drug-likeness (QED) is 0.264. The van der Waals surface area contributed by atoms with Crippen molar-refractivity contribution in [1.29, 1.82) is 0 Å². The van der Waals surface area contributed by atoms with Crippen molar-refractivity contribution in [2.24, 2.45) is 0 Å². The molecule has 8 heteroatoms. The van der Waals surface area contributed by atoms with Gasteiger partial charge in [0, 0.05) is 17.5 Å². The van der Waals surface area contributed by atoms with Gasteiger partial charge in [-0.05, 0) is 44.0 Å². The number of rotatable bonds is 6. The van der Waals surface area contributed by atoms with E-state index >= 15 is 0 Å². The summed E-state index contributed by atoms with van der Waals surface area (Å²) in [6.45, 7) is 6.36. The van der Waals surface area contributed by atoms with Crippen molar-refractivity contribution >= 4 is 56.5 Å². The number of thioether (sulfide) groups is 1. The molecule has 2 aromatic carbocycles. The molecule has 0 aliphatic heterocycles. The standard InChI is InChI=1S/C24H22ClN3O2S2/c1-4-28-23(30)22-21(17(12-31-22)16-8-5-14(2)6-9-16)27-24(28)32-13-20(29)26-19-10-7-15(3)11-18(19)25/h5-12H,4,13H2,1-3H3,(H,26,29). The lowest BCUT2D eigenvalue weighted by Crippen LogP contribution is -2.23. The van der Waals surface area contributed by atoms with Crippen LogP contribution in [0.15, 0.2) is 57.8 Å². The van der Waals surface area contributed by atoms with Crippen LogP contribution in [0.1, 0.15) is 18.1 Å². The number of hydrogen-bond acceptors (Lipinski definition) is 5. The predicted molar refractivity (Wildman–Crippen MR) is 135 cm³/mol. The Morgan fingerprint density at radius 1 is 1.16 bits per heavy atom. The maximum absolute atomic E-state index is 13.1. The van der Waals surface area contributed by atoms with Crippen LogP contribution in [-0.4, -0.2) is 21.2 Å². The van der Waals surface area contributed by atoms with Crippen molar-refractivity contribution in [2.75, 3.05) is 11.1 Å². The van der Waals surface area contributed by atoms with E-state index < -0.39 is 0 Å². The van der Waals surface area contributed by atoms with E-state index in [9.17, 15) is 9.59 Å². The Balaban J connectivity index is 1.62. The van der Waals surface area contributed by atoms with Crippen LogP contribution >= 0.6 is 34.7 Å². The van der Waals surface area contributed by atoms with E-state index in [-0.39, 0.29) is 17.2 Å². The molecule has 1 N–H and O–H groups in total. The molecule has 0 radical (unpaired) electrons. The van der Waals surface area contributed by atoms with Crippen LogP contribution in [0.2, 0.25) is 5.02 Å². The van der Waals surface area contributed by atoms with Crippen LogP contribution in [0, 0.1) is 13.8 Å². The summed E-state index contributed by atoms with van der Waals surface area (Å²) >= 11 is 8.88. The number of fused-ring (bicyclic) bond motifs is 1. The topological polar surface area (TPSA) is 64.0 Å². The van der Waals surface area contributed by atoms with E-state index in [0.29, 0.717) is 32.6 Å². The second-order valence-electron chi connectivity index (χ2n) is 7.46. The van der Waals surface area contributed by atoms with Crippen molar-refractivity contribution in [1.82, 2.24) is 9.55 Å². The van der Waals surface area contributed by atoms with Crippen molar-refractivity contribution in [3.63, 3.8) is 0 Å². The molecule has 164 valence electrons.